The molecule has 2 atom stereocenters. The number of aryl methyl sites for hydroxylation is 1. The van der Waals surface area contributed by atoms with Crippen LogP contribution in [-0.4, -0.2) is 18.5 Å². The third kappa shape index (κ3) is 6.48. The number of carbonyl (C=O) groups is 2. The van der Waals surface area contributed by atoms with Crippen LogP contribution in [0.25, 0.3) is 0 Å². The first-order valence-electron chi connectivity index (χ1n) is 9.76. The van der Waals surface area contributed by atoms with Gasteiger partial charge in [-0.05, 0) is 67.6 Å². The highest BCUT2D eigenvalue weighted by Gasteiger charge is 2.31. The predicted molar refractivity (Wildman–Crippen MR) is 119 cm³/mol. The third-order valence-electron chi connectivity index (χ3n) is 5.23. The van der Waals surface area contributed by atoms with Gasteiger partial charge >= 0.3 is 6.03 Å². The van der Waals surface area contributed by atoms with E-state index in [2.05, 4.69) is 16.0 Å². The lowest BCUT2D eigenvalue weighted by Crippen LogP contribution is -2.34. The summed E-state index contributed by atoms with van der Waals surface area (Å²) in [5.41, 5.74) is 9.21. The number of carbonyl (C=O) groups excluding carboxylic acids is 2. The summed E-state index contributed by atoms with van der Waals surface area (Å²) < 4.78 is 0. The molecule has 1 aliphatic rings. The topological polar surface area (TPSA) is 96.2 Å². The smallest absolute Gasteiger partial charge is 0.323 e. The van der Waals surface area contributed by atoms with Gasteiger partial charge in [0, 0.05) is 23.8 Å². The molecule has 1 aliphatic carbocycles. The molecule has 0 aromatic heterocycles. The lowest BCUT2D eigenvalue weighted by atomic mass is 9.95. The Morgan fingerprint density at radius 2 is 1.72 bits per heavy atom. The first-order valence-corrected chi connectivity index (χ1v) is 9.76. The highest BCUT2D eigenvalue weighted by atomic mass is 35.5. The van der Waals surface area contributed by atoms with Crippen LogP contribution in [0, 0.1) is 18.8 Å². The summed E-state index contributed by atoms with van der Waals surface area (Å²) in [5, 5.41) is 8.66. The molecule has 0 saturated heterocycles. The molecule has 1 saturated carbocycles. The number of anilines is 2. The van der Waals surface area contributed by atoms with Crippen molar-refractivity contribution in [3.63, 3.8) is 0 Å². The van der Waals surface area contributed by atoms with E-state index in [1.54, 1.807) is 0 Å². The standard InChI is InChI=1S/C22H28N4O2.ClH/c1-15-5-2-8-18(11-15)25-22(28)26-19-9-3-6-16(12-19)14-24-21(27)20-10-4-7-17(20)13-23;/h2-3,5-6,8-9,11-12,17,20H,4,7,10,13-14,23H2,1H3,(H,24,27)(H2,25,26,28);1H/t17-,20-;/m1./s1. The van der Waals surface area contributed by atoms with Gasteiger partial charge < -0.3 is 21.7 Å². The number of urea groups is 1. The van der Waals surface area contributed by atoms with Crippen molar-refractivity contribution < 1.29 is 9.59 Å². The summed E-state index contributed by atoms with van der Waals surface area (Å²) in [4.78, 5) is 24.6. The Labute approximate surface area is 178 Å². The number of nitrogens with two attached hydrogens (primary N) is 1. The van der Waals surface area contributed by atoms with Gasteiger partial charge in [-0.2, -0.15) is 0 Å². The van der Waals surface area contributed by atoms with Crippen molar-refractivity contribution in [2.45, 2.75) is 32.7 Å². The molecule has 0 aliphatic heterocycles. The zero-order valence-corrected chi connectivity index (χ0v) is 17.4. The van der Waals surface area contributed by atoms with E-state index >= 15 is 0 Å². The van der Waals surface area contributed by atoms with Crippen molar-refractivity contribution in [2.24, 2.45) is 17.6 Å². The summed E-state index contributed by atoms with van der Waals surface area (Å²) in [6.07, 6.45) is 3.01. The van der Waals surface area contributed by atoms with Crippen LogP contribution in [0.5, 0.6) is 0 Å². The number of amides is 3. The Balaban J connectivity index is 0.00000300. The minimum absolute atomic E-state index is 0. The average Bonchev–Trinajstić information content (AvgIpc) is 3.15. The average molecular weight is 417 g/mol. The lowest BCUT2D eigenvalue weighted by Gasteiger charge is -2.17. The Morgan fingerprint density at radius 1 is 1.03 bits per heavy atom. The van der Waals surface area contributed by atoms with Crippen molar-refractivity contribution in [2.75, 3.05) is 17.2 Å². The van der Waals surface area contributed by atoms with E-state index in [-0.39, 0.29) is 30.3 Å². The zero-order valence-electron chi connectivity index (χ0n) is 16.6. The van der Waals surface area contributed by atoms with E-state index in [1.165, 1.54) is 0 Å². The fourth-order valence-electron chi connectivity index (χ4n) is 3.76. The normalized spacial score (nSPS) is 17.9. The molecule has 1 fully saturated rings. The SMILES string of the molecule is Cc1cccc(NC(=O)Nc2cccc(CNC(=O)[C@@H]3CCC[C@@H]3CN)c2)c1.Cl. The van der Waals surface area contributed by atoms with Crippen LogP contribution in [0.15, 0.2) is 48.5 Å². The molecular weight excluding hydrogens is 388 g/mol. The number of halogens is 1. The van der Waals surface area contributed by atoms with Crippen LogP contribution in [-0.2, 0) is 11.3 Å². The summed E-state index contributed by atoms with van der Waals surface area (Å²) >= 11 is 0. The number of hydrogen-bond donors (Lipinski definition) is 4. The summed E-state index contributed by atoms with van der Waals surface area (Å²) in [6.45, 7) is 2.97. The molecule has 29 heavy (non-hydrogen) atoms. The van der Waals surface area contributed by atoms with Gasteiger partial charge in [-0.1, -0.05) is 30.7 Å². The molecule has 6 nitrogen and oxygen atoms in total. The maximum Gasteiger partial charge on any atom is 0.323 e. The molecule has 2 aromatic rings. The number of nitrogens with one attached hydrogen (secondary N) is 3. The Bertz CT molecular complexity index is 843. The predicted octanol–water partition coefficient (Wildman–Crippen LogP) is 4.05. The second-order valence-electron chi connectivity index (χ2n) is 7.40. The number of benzene rings is 2. The van der Waals surface area contributed by atoms with Gasteiger partial charge in [0.05, 0.1) is 0 Å². The highest BCUT2D eigenvalue weighted by Crippen LogP contribution is 2.31. The van der Waals surface area contributed by atoms with Crippen molar-refractivity contribution in [1.29, 1.82) is 0 Å². The molecule has 2 aromatic carbocycles. The van der Waals surface area contributed by atoms with Crippen LogP contribution in [0.1, 0.15) is 30.4 Å². The van der Waals surface area contributed by atoms with E-state index in [1.807, 2.05) is 55.5 Å². The second-order valence-corrected chi connectivity index (χ2v) is 7.40. The van der Waals surface area contributed by atoms with Gasteiger partial charge in [-0.3, -0.25) is 4.79 Å². The van der Waals surface area contributed by atoms with Gasteiger partial charge in [0.15, 0.2) is 0 Å². The Morgan fingerprint density at radius 3 is 2.41 bits per heavy atom. The maximum atomic E-state index is 12.4. The van der Waals surface area contributed by atoms with Crippen molar-refractivity contribution in [3.8, 4) is 0 Å². The second kappa shape index (κ2) is 10.8. The van der Waals surface area contributed by atoms with Crippen LogP contribution in [0.2, 0.25) is 0 Å². The van der Waals surface area contributed by atoms with E-state index in [0.717, 1.165) is 36.1 Å². The molecule has 0 spiro atoms. The zero-order chi connectivity index (χ0) is 19.9. The van der Waals surface area contributed by atoms with Crippen molar-refractivity contribution in [3.05, 3.63) is 59.7 Å². The molecule has 7 heteroatoms. The molecule has 156 valence electrons. The molecule has 0 bridgehead atoms. The molecular formula is C22H29ClN4O2. The van der Waals surface area contributed by atoms with Crippen molar-refractivity contribution >= 4 is 35.7 Å². The molecule has 3 amide bonds. The third-order valence-corrected chi connectivity index (χ3v) is 5.23. The van der Waals surface area contributed by atoms with Crippen LogP contribution < -0.4 is 21.7 Å². The monoisotopic (exact) mass is 416 g/mol. The van der Waals surface area contributed by atoms with Crippen LogP contribution in [0.3, 0.4) is 0 Å². The first kappa shape index (κ1) is 22.7. The summed E-state index contributed by atoms with van der Waals surface area (Å²) in [6, 6.07) is 14.8. The molecule has 0 unspecified atom stereocenters. The van der Waals surface area contributed by atoms with Gasteiger partial charge in [0.25, 0.3) is 0 Å². The van der Waals surface area contributed by atoms with Crippen LogP contribution in [0.4, 0.5) is 16.2 Å². The van der Waals surface area contributed by atoms with E-state index in [9.17, 15) is 9.59 Å². The largest absolute Gasteiger partial charge is 0.352 e. The number of rotatable bonds is 6. The minimum Gasteiger partial charge on any atom is -0.352 e. The Hall–Kier alpha value is -2.57. The van der Waals surface area contributed by atoms with E-state index < -0.39 is 0 Å². The van der Waals surface area contributed by atoms with Gasteiger partial charge in [-0.15, -0.1) is 12.4 Å². The maximum absolute atomic E-state index is 12.4. The molecule has 3 rings (SSSR count). The van der Waals surface area contributed by atoms with E-state index in [0.29, 0.717) is 24.7 Å². The molecule has 5 N–H and O–H groups in total. The van der Waals surface area contributed by atoms with Crippen LogP contribution >= 0.6 is 12.4 Å². The van der Waals surface area contributed by atoms with Crippen molar-refractivity contribution in [1.82, 2.24) is 5.32 Å². The molecule has 0 heterocycles. The number of hydrogen-bond acceptors (Lipinski definition) is 3. The lowest BCUT2D eigenvalue weighted by molar-refractivity contribution is -0.126. The quantitative estimate of drug-likeness (QED) is 0.571. The first-order chi connectivity index (χ1) is 13.5. The van der Waals surface area contributed by atoms with E-state index in [4.69, 9.17) is 5.73 Å². The minimum atomic E-state index is -0.302. The Kier molecular flexibility index (Phi) is 8.49. The fourth-order valence-corrected chi connectivity index (χ4v) is 3.76. The van der Waals surface area contributed by atoms with Gasteiger partial charge in [0.1, 0.15) is 0 Å². The summed E-state index contributed by atoms with van der Waals surface area (Å²) in [5.74, 6) is 0.383. The van der Waals surface area contributed by atoms with Gasteiger partial charge in [-0.25, -0.2) is 4.79 Å². The summed E-state index contributed by atoms with van der Waals surface area (Å²) in [7, 11) is 0. The fraction of sp³-hybridized carbons (Fsp3) is 0.364. The molecule has 0 radical (unpaired) electrons. The van der Waals surface area contributed by atoms with Gasteiger partial charge in [0.2, 0.25) is 5.91 Å². The highest BCUT2D eigenvalue weighted by molar-refractivity contribution is 5.99.